The first-order valence-electron chi connectivity index (χ1n) is 9.38. The molecule has 1 saturated heterocycles. The van der Waals surface area contributed by atoms with E-state index in [2.05, 4.69) is 52.1 Å². The zero-order chi connectivity index (χ0) is 18.9. The minimum absolute atomic E-state index is 0.221. The summed E-state index contributed by atoms with van der Waals surface area (Å²) in [5, 5.41) is 9.71. The van der Waals surface area contributed by atoms with Gasteiger partial charge in [0.2, 0.25) is 0 Å². The number of benzene rings is 1. The highest BCUT2D eigenvalue weighted by molar-refractivity contribution is 7.09. The molecule has 5 nitrogen and oxygen atoms in total. The van der Waals surface area contributed by atoms with E-state index in [1.807, 2.05) is 12.1 Å². The highest BCUT2D eigenvalue weighted by Gasteiger charge is 2.23. The van der Waals surface area contributed by atoms with Crippen LogP contribution in [0.15, 0.2) is 46.8 Å². The van der Waals surface area contributed by atoms with Gasteiger partial charge in [-0.2, -0.15) is 0 Å². The summed E-state index contributed by atoms with van der Waals surface area (Å²) in [7, 11) is 0. The highest BCUT2D eigenvalue weighted by Crippen LogP contribution is 2.24. The molecule has 3 rings (SSSR count). The average Bonchev–Trinajstić information content (AvgIpc) is 3.21. The van der Waals surface area contributed by atoms with Crippen molar-refractivity contribution in [3.8, 4) is 0 Å². The topological polar surface area (TPSA) is 48.9 Å². The minimum atomic E-state index is 0.221. The molecular weight excluding hydrogens is 380 g/mol. The van der Waals surface area contributed by atoms with E-state index < -0.39 is 0 Å². The van der Waals surface area contributed by atoms with Crippen LogP contribution in [0.25, 0.3) is 0 Å². The Kier molecular flexibility index (Phi) is 7.95. The smallest absolute Gasteiger partial charge is 0.191 e. The van der Waals surface area contributed by atoms with Crippen molar-refractivity contribution in [2.45, 2.75) is 19.5 Å². The fourth-order valence-electron chi connectivity index (χ4n) is 3.16. The van der Waals surface area contributed by atoms with Crippen LogP contribution in [-0.4, -0.2) is 50.3 Å². The van der Waals surface area contributed by atoms with E-state index in [-0.39, 0.29) is 6.04 Å². The lowest BCUT2D eigenvalue weighted by Gasteiger charge is -2.35. The Morgan fingerprint density at radius 2 is 2.11 bits per heavy atom. The molecule has 2 heterocycles. The Balaban J connectivity index is 1.70. The summed E-state index contributed by atoms with van der Waals surface area (Å²) in [5.41, 5.74) is 1.21. The van der Waals surface area contributed by atoms with Gasteiger partial charge >= 0.3 is 0 Å². The zero-order valence-electron chi connectivity index (χ0n) is 15.7. The number of hydrogen-bond acceptors (Lipinski definition) is 4. The molecule has 0 spiro atoms. The number of hydrogen-bond donors (Lipinski definition) is 2. The number of morpholine rings is 1. The molecule has 1 aromatic carbocycles. The molecule has 7 heteroatoms. The average molecular weight is 407 g/mol. The van der Waals surface area contributed by atoms with Crippen LogP contribution >= 0.6 is 22.9 Å². The molecule has 0 aliphatic carbocycles. The lowest BCUT2D eigenvalue weighted by Crippen LogP contribution is -2.46. The highest BCUT2D eigenvalue weighted by atomic mass is 35.5. The van der Waals surface area contributed by atoms with Crippen LogP contribution in [-0.2, 0) is 11.3 Å². The number of ether oxygens (including phenoxy) is 1. The third-order valence-corrected chi connectivity index (χ3v) is 5.60. The molecule has 0 saturated carbocycles. The van der Waals surface area contributed by atoms with Crippen molar-refractivity contribution in [1.82, 2.24) is 15.5 Å². The van der Waals surface area contributed by atoms with Crippen LogP contribution in [0.2, 0.25) is 5.02 Å². The Bertz CT molecular complexity index is 717. The summed E-state index contributed by atoms with van der Waals surface area (Å²) < 4.78 is 5.53. The van der Waals surface area contributed by atoms with Crippen LogP contribution in [0, 0.1) is 0 Å². The van der Waals surface area contributed by atoms with Crippen molar-refractivity contribution in [3.05, 3.63) is 57.2 Å². The molecule has 2 aromatic rings. The molecule has 1 aromatic heterocycles. The number of guanidine groups is 1. The molecule has 1 fully saturated rings. The molecule has 1 atom stereocenters. The monoisotopic (exact) mass is 406 g/mol. The summed E-state index contributed by atoms with van der Waals surface area (Å²) in [6.45, 7) is 7.73. The molecule has 0 radical (unpaired) electrons. The van der Waals surface area contributed by atoms with E-state index in [0.29, 0.717) is 6.54 Å². The van der Waals surface area contributed by atoms with E-state index in [9.17, 15) is 0 Å². The summed E-state index contributed by atoms with van der Waals surface area (Å²) in [6, 6.07) is 12.5. The maximum Gasteiger partial charge on any atom is 0.191 e. The second kappa shape index (κ2) is 10.7. The van der Waals surface area contributed by atoms with Gasteiger partial charge in [-0.25, -0.2) is 4.99 Å². The predicted octanol–water partition coefficient (Wildman–Crippen LogP) is 3.53. The zero-order valence-corrected chi connectivity index (χ0v) is 17.2. The van der Waals surface area contributed by atoms with Gasteiger partial charge in [-0.15, -0.1) is 11.3 Å². The van der Waals surface area contributed by atoms with Gasteiger partial charge in [0, 0.05) is 36.1 Å². The Hall–Kier alpha value is -1.60. The summed E-state index contributed by atoms with van der Waals surface area (Å²) in [6.07, 6.45) is 0. The molecule has 0 bridgehead atoms. The van der Waals surface area contributed by atoms with Crippen molar-refractivity contribution in [1.29, 1.82) is 0 Å². The first-order valence-corrected chi connectivity index (χ1v) is 10.6. The number of nitrogens with zero attached hydrogens (tertiary/aromatic N) is 2. The van der Waals surface area contributed by atoms with E-state index in [4.69, 9.17) is 21.3 Å². The molecule has 27 heavy (non-hydrogen) atoms. The number of halogens is 1. The summed E-state index contributed by atoms with van der Waals surface area (Å²) >= 11 is 7.98. The molecule has 1 aliphatic heterocycles. The third kappa shape index (κ3) is 6.21. The Labute approximate surface area is 170 Å². The standard InChI is InChI=1S/C20H27ClN4OS/c1-2-22-20(23-14-18-7-4-12-27-18)24-15-19(25-8-10-26-11-9-25)16-5-3-6-17(21)13-16/h3-7,12-13,19H,2,8-11,14-15H2,1H3,(H2,22,23,24). The van der Waals surface area contributed by atoms with Gasteiger partial charge in [0.05, 0.1) is 25.8 Å². The first kappa shape index (κ1) is 20.1. The largest absolute Gasteiger partial charge is 0.379 e. The van der Waals surface area contributed by atoms with Crippen molar-refractivity contribution < 1.29 is 4.74 Å². The van der Waals surface area contributed by atoms with Crippen LogP contribution in [0.5, 0.6) is 0 Å². The maximum absolute atomic E-state index is 6.25. The van der Waals surface area contributed by atoms with Gasteiger partial charge in [0.25, 0.3) is 0 Å². The van der Waals surface area contributed by atoms with Crippen LogP contribution in [0.1, 0.15) is 23.4 Å². The molecule has 1 unspecified atom stereocenters. The molecule has 146 valence electrons. The van der Waals surface area contributed by atoms with Gasteiger partial charge in [0.15, 0.2) is 5.96 Å². The third-order valence-electron chi connectivity index (χ3n) is 4.50. The predicted molar refractivity (Wildman–Crippen MR) is 114 cm³/mol. The molecule has 1 aliphatic rings. The van der Waals surface area contributed by atoms with Crippen molar-refractivity contribution >= 4 is 28.9 Å². The second-order valence-corrected chi connectivity index (χ2v) is 7.84. The summed E-state index contributed by atoms with van der Waals surface area (Å²) in [4.78, 5) is 8.43. The first-order chi connectivity index (χ1) is 13.3. The van der Waals surface area contributed by atoms with Gasteiger partial charge in [-0.1, -0.05) is 29.8 Å². The number of thiophene rings is 1. The molecule has 2 N–H and O–H groups in total. The molecular formula is C20H27ClN4OS. The Morgan fingerprint density at radius 1 is 1.26 bits per heavy atom. The van der Waals surface area contributed by atoms with Crippen molar-refractivity contribution in [3.63, 3.8) is 0 Å². The van der Waals surface area contributed by atoms with Crippen molar-refractivity contribution in [2.24, 2.45) is 4.99 Å². The quantitative estimate of drug-likeness (QED) is 0.545. The number of rotatable bonds is 7. The SMILES string of the molecule is CCNC(=NCc1cccs1)NCC(c1cccc(Cl)c1)N1CCOCC1. The summed E-state index contributed by atoms with van der Waals surface area (Å²) in [5.74, 6) is 0.839. The van der Waals surface area contributed by atoms with E-state index in [1.54, 1.807) is 11.3 Å². The van der Waals surface area contributed by atoms with Gasteiger partial charge in [0.1, 0.15) is 0 Å². The van der Waals surface area contributed by atoms with Gasteiger partial charge in [-0.05, 0) is 36.1 Å². The van der Waals surface area contributed by atoms with Gasteiger partial charge < -0.3 is 15.4 Å². The maximum atomic E-state index is 6.25. The van der Waals surface area contributed by atoms with Gasteiger partial charge in [-0.3, -0.25) is 4.90 Å². The van der Waals surface area contributed by atoms with Crippen LogP contribution in [0.3, 0.4) is 0 Å². The van der Waals surface area contributed by atoms with E-state index >= 15 is 0 Å². The fraction of sp³-hybridized carbons (Fsp3) is 0.450. The lowest BCUT2D eigenvalue weighted by molar-refractivity contribution is 0.0170. The van der Waals surface area contributed by atoms with Crippen LogP contribution < -0.4 is 10.6 Å². The number of nitrogens with one attached hydrogen (secondary N) is 2. The fourth-order valence-corrected chi connectivity index (χ4v) is 3.98. The van der Waals surface area contributed by atoms with Crippen LogP contribution in [0.4, 0.5) is 0 Å². The lowest BCUT2D eigenvalue weighted by atomic mass is 10.0. The van der Waals surface area contributed by atoms with E-state index in [1.165, 1.54) is 10.4 Å². The number of aliphatic imine (C=N–C) groups is 1. The Morgan fingerprint density at radius 3 is 2.81 bits per heavy atom. The normalized spacial score (nSPS) is 16.9. The van der Waals surface area contributed by atoms with E-state index in [0.717, 1.165) is 50.4 Å². The van der Waals surface area contributed by atoms with Crippen molar-refractivity contribution in [2.75, 3.05) is 39.4 Å². The second-order valence-electron chi connectivity index (χ2n) is 6.37. The molecule has 0 amide bonds. The minimum Gasteiger partial charge on any atom is -0.379 e.